The number of alkyl halides is 3. The first kappa shape index (κ1) is 19.6. The van der Waals surface area contributed by atoms with Gasteiger partial charge in [0.1, 0.15) is 5.75 Å². The van der Waals surface area contributed by atoms with Gasteiger partial charge in [0.2, 0.25) is 11.4 Å². The summed E-state index contributed by atoms with van der Waals surface area (Å²) in [5.74, 6) is 1.00. The molecular weight excluding hydrogens is 397 g/mol. The molecule has 154 valence electrons. The lowest BCUT2D eigenvalue weighted by Gasteiger charge is -2.09. The monoisotopic (exact) mass is 414 g/mol. The van der Waals surface area contributed by atoms with Gasteiger partial charge < -0.3 is 19.9 Å². The van der Waals surface area contributed by atoms with E-state index >= 15 is 0 Å². The molecule has 9 heteroatoms. The average molecular weight is 414 g/mol. The van der Waals surface area contributed by atoms with Crippen LogP contribution in [0.5, 0.6) is 5.75 Å². The first-order valence-electron chi connectivity index (χ1n) is 8.99. The van der Waals surface area contributed by atoms with Gasteiger partial charge in [-0.15, -0.1) is 0 Å². The van der Waals surface area contributed by atoms with E-state index < -0.39 is 11.7 Å². The third kappa shape index (κ3) is 4.14. The zero-order valence-electron chi connectivity index (χ0n) is 15.8. The van der Waals surface area contributed by atoms with Gasteiger partial charge in [-0.3, -0.25) is 0 Å². The van der Waals surface area contributed by atoms with E-state index in [2.05, 4.69) is 20.8 Å². The number of methoxy groups -OCH3 is 1. The quantitative estimate of drug-likeness (QED) is 0.428. The molecule has 2 heterocycles. The molecule has 0 fully saturated rings. The van der Waals surface area contributed by atoms with E-state index in [-0.39, 0.29) is 11.5 Å². The van der Waals surface area contributed by atoms with Crippen LogP contribution in [0, 0.1) is 0 Å². The van der Waals surface area contributed by atoms with Gasteiger partial charge in [0, 0.05) is 18.4 Å². The van der Waals surface area contributed by atoms with Crippen LogP contribution in [-0.2, 0) is 12.7 Å². The molecule has 0 aliphatic rings. The van der Waals surface area contributed by atoms with Crippen LogP contribution in [0.3, 0.4) is 0 Å². The molecule has 4 aromatic rings. The summed E-state index contributed by atoms with van der Waals surface area (Å²) in [5, 5.41) is 10.0. The first-order chi connectivity index (χ1) is 14.4. The average Bonchev–Trinajstić information content (AvgIpc) is 3.15. The van der Waals surface area contributed by atoms with Crippen LogP contribution in [0.2, 0.25) is 0 Å². The Labute approximate surface area is 169 Å². The molecule has 0 saturated heterocycles. The molecule has 0 aliphatic heterocycles. The van der Waals surface area contributed by atoms with Gasteiger partial charge in [-0.1, -0.05) is 23.4 Å². The second-order valence-corrected chi connectivity index (χ2v) is 6.47. The lowest BCUT2D eigenvalue weighted by atomic mass is 10.2. The van der Waals surface area contributed by atoms with E-state index in [1.54, 1.807) is 19.4 Å². The zero-order chi connectivity index (χ0) is 21.1. The first-order valence-corrected chi connectivity index (χ1v) is 8.99. The topological polar surface area (TPSA) is 72.2 Å². The van der Waals surface area contributed by atoms with Crippen molar-refractivity contribution in [2.75, 3.05) is 17.7 Å². The van der Waals surface area contributed by atoms with Crippen molar-refractivity contribution < 1.29 is 22.4 Å². The summed E-state index contributed by atoms with van der Waals surface area (Å²) in [4.78, 5) is 4.25. The Hall–Kier alpha value is -3.75. The number of hydrogen-bond donors (Lipinski definition) is 2. The molecule has 0 unspecified atom stereocenters. The van der Waals surface area contributed by atoms with Crippen molar-refractivity contribution in [2.24, 2.45) is 0 Å². The standard InChI is InChI=1S/C21H17F3N4O2/c1-29-16-7-5-13(6-8-16)12-26-17-9-10-25-18-19(17)30-28-20(18)27-15-4-2-3-14(11-15)21(22,23)24/h2-11H,12H2,1H3,(H,25,26)(H,27,28). The third-order valence-corrected chi connectivity index (χ3v) is 4.45. The smallest absolute Gasteiger partial charge is 0.416 e. The summed E-state index contributed by atoms with van der Waals surface area (Å²) in [6, 6.07) is 14.2. The number of benzene rings is 2. The lowest BCUT2D eigenvalue weighted by Crippen LogP contribution is -2.05. The second kappa shape index (κ2) is 7.94. The maximum atomic E-state index is 12.9. The molecule has 2 aromatic carbocycles. The Morgan fingerprint density at radius 3 is 2.60 bits per heavy atom. The molecular formula is C21H17F3N4O2. The molecule has 2 N–H and O–H groups in total. The number of fused-ring (bicyclic) bond motifs is 1. The van der Waals surface area contributed by atoms with Crippen LogP contribution in [0.15, 0.2) is 65.3 Å². The summed E-state index contributed by atoms with van der Waals surface area (Å²) < 4.78 is 49.3. The number of pyridine rings is 1. The molecule has 0 amide bonds. The number of nitrogens with one attached hydrogen (secondary N) is 2. The summed E-state index contributed by atoms with van der Waals surface area (Å²) in [6.07, 6.45) is -2.85. The molecule has 0 aliphatic carbocycles. The molecule has 0 saturated carbocycles. The Balaban J connectivity index is 1.54. The van der Waals surface area contributed by atoms with Crippen molar-refractivity contribution in [2.45, 2.75) is 12.7 Å². The van der Waals surface area contributed by atoms with Crippen molar-refractivity contribution in [3.63, 3.8) is 0 Å². The van der Waals surface area contributed by atoms with Gasteiger partial charge in [-0.25, -0.2) is 4.98 Å². The lowest BCUT2D eigenvalue weighted by molar-refractivity contribution is -0.137. The largest absolute Gasteiger partial charge is 0.497 e. The van der Waals surface area contributed by atoms with E-state index in [4.69, 9.17) is 9.26 Å². The van der Waals surface area contributed by atoms with Crippen LogP contribution < -0.4 is 15.4 Å². The molecule has 4 rings (SSSR count). The number of halogens is 3. The second-order valence-electron chi connectivity index (χ2n) is 6.47. The highest BCUT2D eigenvalue weighted by Gasteiger charge is 2.30. The molecule has 0 atom stereocenters. The molecule has 0 spiro atoms. The Kier molecular flexibility index (Phi) is 5.18. The number of rotatable bonds is 6. The molecule has 30 heavy (non-hydrogen) atoms. The molecule has 6 nitrogen and oxygen atoms in total. The summed E-state index contributed by atoms with van der Waals surface area (Å²) in [5.41, 5.74) is 1.99. The third-order valence-electron chi connectivity index (χ3n) is 4.45. The van der Waals surface area contributed by atoms with Crippen LogP contribution in [0.1, 0.15) is 11.1 Å². The van der Waals surface area contributed by atoms with Crippen LogP contribution in [-0.4, -0.2) is 17.3 Å². The Bertz CT molecular complexity index is 1160. The summed E-state index contributed by atoms with van der Waals surface area (Å²) in [6.45, 7) is 0.528. The predicted molar refractivity (Wildman–Crippen MR) is 107 cm³/mol. The Morgan fingerprint density at radius 1 is 1.07 bits per heavy atom. The van der Waals surface area contributed by atoms with Gasteiger partial charge in [0.25, 0.3) is 0 Å². The van der Waals surface area contributed by atoms with Crippen LogP contribution in [0.25, 0.3) is 11.1 Å². The van der Waals surface area contributed by atoms with Gasteiger partial charge >= 0.3 is 6.18 Å². The van der Waals surface area contributed by atoms with E-state index in [0.717, 1.165) is 23.4 Å². The van der Waals surface area contributed by atoms with Crippen molar-refractivity contribution in [3.05, 3.63) is 71.9 Å². The highest BCUT2D eigenvalue weighted by molar-refractivity contribution is 5.93. The van der Waals surface area contributed by atoms with Gasteiger partial charge in [-0.2, -0.15) is 13.2 Å². The van der Waals surface area contributed by atoms with E-state index in [1.807, 2.05) is 24.3 Å². The van der Waals surface area contributed by atoms with Crippen molar-refractivity contribution in [1.82, 2.24) is 10.1 Å². The van der Waals surface area contributed by atoms with E-state index in [0.29, 0.717) is 23.3 Å². The number of aromatic nitrogens is 2. The van der Waals surface area contributed by atoms with Gasteiger partial charge in [-0.05, 0) is 42.0 Å². The van der Waals surface area contributed by atoms with Crippen molar-refractivity contribution in [1.29, 1.82) is 0 Å². The van der Waals surface area contributed by atoms with E-state index in [9.17, 15) is 13.2 Å². The number of anilines is 3. The molecule has 0 bridgehead atoms. The fourth-order valence-corrected chi connectivity index (χ4v) is 2.92. The number of nitrogens with zero attached hydrogens (tertiary/aromatic N) is 2. The van der Waals surface area contributed by atoms with Crippen LogP contribution >= 0.6 is 0 Å². The maximum absolute atomic E-state index is 12.9. The minimum atomic E-state index is -4.43. The van der Waals surface area contributed by atoms with E-state index in [1.165, 1.54) is 12.1 Å². The number of ether oxygens (including phenoxy) is 1. The molecule has 2 aromatic heterocycles. The minimum absolute atomic E-state index is 0.234. The summed E-state index contributed by atoms with van der Waals surface area (Å²) in [7, 11) is 1.61. The minimum Gasteiger partial charge on any atom is -0.497 e. The number of hydrogen-bond acceptors (Lipinski definition) is 6. The Morgan fingerprint density at radius 2 is 1.87 bits per heavy atom. The van der Waals surface area contributed by atoms with Crippen LogP contribution in [0.4, 0.5) is 30.4 Å². The van der Waals surface area contributed by atoms with Gasteiger partial charge in [0.15, 0.2) is 5.52 Å². The normalized spacial score (nSPS) is 11.5. The van der Waals surface area contributed by atoms with Crippen molar-refractivity contribution in [3.8, 4) is 5.75 Å². The SMILES string of the molecule is COc1ccc(CNc2ccnc3c(Nc4cccc(C(F)(F)F)c4)noc23)cc1. The highest BCUT2D eigenvalue weighted by atomic mass is 19.4. The summed E-state index contributed by atoms with van der Waals surface area (Å²) >= 11 is 0. The molecule has 0 radical (unpaired) electrons. The maximum Gasteiger partial charge on any atom is 0.416 e. The fourth-order valence-electron chi connectivity index (χ4n) is 2.92. The van der Waals surface area contributed by atoms with Crippen molar-refractivity contribution >= 4 is 28.3 Å². The van der Waals surface area contributed by atoms with Gasteiger partial charge in [0.05, 0.1) is 18.4 Å². The fraction of sp³-hybridized carbons (Fsp3) is 0.143. The zero-order valence-corrected chi connectivity index (χ0v) is 15.8. The highest BCUT2D eigenvalue weighted by Crippen LogP contribution is 2.33. The predicted octanol–water partition coefficient (Wildman–Crippen LogP) is 5.61.